The summed E-state index contributed by atoms with van der Waals surface area (Å²) >= 11 is 0. The fourth-order valence-electron chi connectivity index (χ4n) is 2.48. The summed E-state index contributed by atoms with van der Waals surface area (Å²) in [6, 6.07) is 7.45. The molecule has 0 aliphatic carbocycles. The number of nitrogens with one attached hydrogen (secondary N) is 1. The molecular formula is C15H23N3. The lowest BCUT2D eigenvalue weighted by Crippen LogP contribution is -2.35. The average Bonchev–Trinajstić information content (AvgIpc) is 2.17. The summed E-state index contributed by atoms with van der Waals surface area (Å²) in [4.78, 5) is 0. The van der Waals surface area contributed by atoms with Crippen molar-refractivity contribution >= 4 is 11.4 Å². The van der Waals surface area contributed by atoms with Gasteiger partial charge in [0.05, 0.1) is 23.0 Å². The second-order valence-electron chi connectivity index (χ2n) is 6.66. The molecule has 0 atom stereocenters. The van der Waals surface area contributed by atoms with Gasteiger partial charge in [0.25, 0.3) is 0 Å². The molecule has 0 aliphatic heterocycles. The molecule has 1 aromatic rings. The fraction of sp³-hybridized carbons (Fsp3) is 0.533. The molecule has 0 saturated carbocycles. The number of nitriles is 1. The molecule has 0 saturated heterocycles. The monoisotopic (exact) mass is 245 g/mol. The van der Waals surface area contributed by atoms with Gasteiger partial charge in [0.2, 0.25) is 0 Å². The van der Waals surface area contributed by atoms with E-state index in [1.54, 1.807) is 12.1 Å². The Morgan fingerprint density at radius 2 is 1.83 bits per heavy atom. The van der Waals surface area contributed by atoms with E-state index in [0.29, 0.717) is 11.3 Å². The predicted octanol–water partition coefficient (Wildman–Crippen LogP) is 3.77. The highest BCUT2D eigenvalue weighted by molar-refractivity contribution is 5.68. The molecule has 1 aromatic carbocycles. The zero-order chi connectivity index (χ0) is 14.0. The van der Waals surface area contributed by atoms with Crippen molar-refractivity contribution in [3.8, 4) is 6.07 Å². The van der Waals surface area contributed by atoms with Crippen molar-refractivity contribution in [2.24, 2.45) is 5.41 Å². The molecule has 1 rings (SSSR count). The maximum absolute atomic E-state index is 8.81. The number of nitrogen functional groups attached to an aromatic ring is 1. The molecule has 3 N–H and O–H groups in total. The Labute approximate surface area is 110 Å². The lowest BCUT2D eigenvalue weighted by Gasteiger charge is -2.34. The van der Waals surface area contributed by atoms with Crippen LogP contribution in [0.15, 0.2) is 18.2 Å². The topological polar surface area (TPSA) is 61.8 Å². The third-order valence-electron chi connectivity index (χ3n) is 2.63. The van der Waals surface area contributed by atoms with Crippen molar-refractivity contribution in [2.75, 3.05) is 11.1 Å². The minimum atomic E-state index is -0.0411. The van der Waals surface area contributed by atoms with Crippen LogP contribution in [0.3, 0.4) is 0 Å². The minimum Gasteiger partial charge on any atom is -0.397 e. The summed E-state index contributed by atoms with van der Waals surface area (Å²) in [5.41, 5.74) is 8.26. The van der Waals surface area contributed by atoms with Crippen LogP contribution in [0.4, 0.5) is 11.4 Å². The molecular weight excluding hydrogens is 222 g/mol. The molecule has 0 heterocycles. The van der Waals surface area contributed by atoms with Crippen molar-refractivity contribution in [3.63, 3.8) is 0 Å². The van der Waals surface area contributed by atoms with E-state index >= 15 is 0 Å². The highest BCUT2D eigenvalue weighted by Crippen LogP contribution is 2.31. The Hall–Kier alpha value is -1.69. The molecule has 3 nitrogen and oxygen atoms in total. The first-order chi connectivity index (χ1) is 8.13. The molecule has 98 valence electrons. The summed E-state index contributed by atoms with van der Waals surface area (Å²) in [6.45, 7) is 11.0. The Morgan fingerprint density at radius 1 is 1.22 bits per heavy atom. The van der Waals surface area contributed by atoms with Gasteiger partial charge < -0.3 is 11.1 Å². The number of benzene rings is 1. The van der Waals surface area contributed by atoms with E-state index in [1.807, 2.05) is 6.07 Å². The quantitative estimate of drug-likeness (QED) is 0.797. The average molecular weight is 245 g/mol. The van der Waals surface area contributed by atoms with Crippen LogP contribution in [0.25, 0.3) is 0 Å². The van der Waals surface area contributed by atoms with Crippen molar-refractivity contribution in [3.05, 3.63) is 23.8 Å². The SMILES string of the molecule is CC(C)(C)CC(C)(C)Nc1ccc(C#N)cc1N. The number of hydrogen-bond acceptors (Lipinski definition) is 3. The lowest BCUT2D eigenvalue weighted by molar-refractivity contribution is 0.302. The van der Waals surface area contributed by atoms with Crippen LogP contribution in [0.1, 0.15) is 46.6 Å². The zero-order valence-electron chi connectivity index (χ0n) is 12.0. The van der Waals surface area contributed by atoms with Crippen LogP contribution < -0.4 is 11.1 Å². The zero-order valence-corrected chi connectivity index (χ0v) is 12.0. The highest BCUT2D eigenvalue weighted by Gasteiger charge is 2.25. The summed E-state index contributed by atoms with van der Waals surface area (Å²) < 4.78 is 0. The van der Waals surface area contributed by atoms with Gasteiger partial charge >= 0.3 is 0 Å². The molecule has 0 radical (unpaired) electrons. The fourth-order valence-corrected chi connectivity index (χ4v) is 2.48. The van der Waals surface area contributed by atoms with Gasteiger partial charge in [0.1, 0.15) is 0 Å². The van der Waals surface area contributed by atoms with E-state index in [2.05, 4.69) is 46.0 Å². The van der Waals surface area contributed by atoms with Gasteiger partial charge in [-0.3, -0.25) is 0 Å². The molecule has 0 bridgehead atoms. The van der Waals surface area contributed by atoms with Gasteiger partial charge in [0.15, 0.2) is 0 Å². The number of nitrogens with zero attached hydrogens (tertiary/aromatic N) is 1. The van der Waals surface area contributed by atoms with E-state index < -0.39 is 0 Å². The van der Waals surface area contributed by atoms with Crippen LogP contribution in [-0.4, -0.2) is 5.54 Å². The van der Waals surface area contributed by atoms with E-state index in [9.17, 15) is 0 Å². The van der Waals surface area contributed by atoms with Crippen molar-refractivity contribution in [1.29, 1.82) is 5.26 Å². The normalized spacial score (nSPS) is 12.0. The molecule has 3 heteroatoms. The van der Waals surface area contributed by atoms with Crippen molar-refractivity contribution in [2.45, 2.75) is 46.6 Å². The Kier molecular flexibility index (Phi) is 3.91. The van der Waals surface area contributed by atoms with Gasteiger partial charge in [0, 0.05) is 5.54 Å². The van der Waals surface area contributed by atoms with Crippen LogP contribution in [-0.2, 0) is 0 Å². The summed E-state index contributed by atoms with van der Waals surface area (Å²) in [6.07, 6.45) is 1.03. The first kappa shape index (κ1) is 14.4. The number of anilines is 2. The largest absolute Gasteiger partial charge is 0.397 e. The number of nitrogens with two attached hydrogens (primary N) is 1. The van der Waals surface area contributed by atoms with Gasteiger partial charge in [-0.1, -0.05) is 20.8 Å². The van der Waals surface area contributed by atoms with Crippen LogP contribution in [0.5, 0.6) is 0 Å². The smallest absolute Gasteiger partial charge is 0.0992 e. The second kappa shape index (κ2) is 4.89. The standard InChI is InChI=1S/C15H23N3/c1-14(2,3)10-15(4,5)18-13-7-6-11(9-16)8-12(13)17/h6-8,18H,10,17H2,1-5H3. The third kappa shape index (κ3) is 4.29. The molecule has 0 spiro atoms. The first-order valence-corrected chi connectivity index (χ1v) is 6.21. The van der Waals surface area contributed by atoms with E-state index in [4.69, 9.17) is 11.0 Å². The van der Waals surface area contributed by atoms with Crippen molar-refractivity contribution < 1.29 is 0 Å². The molecule has 18 heavy (non-hydrogen) atoms. The summed E-state index contributed by atoms with van der Waals surface area (Å²) in [7, 11) is 0. The van der Waals surface area contributed by atoms with Gasteiger partial charge in [-0.05, 0) is 43.9 Å². The lowest BCUT2D eigenvalue weighted by atomic mass is 9.81. The molecule has 0 fully saturated rings. The summed E-state index contributed by atoms with van der Waals surface area (Å²) in [5, 5.41) is 12.3. The van der Waals surface area contributed by atoms with E-state index in [-0.39, 0.29) is 11.0 Å². The number of rotatable bonds is 3. The van der Waals surface area contributed by atoms with Gasteiger partial charge in [-0.25, -0.2) is 0 Å². The van der Waals surface area contributed by atoms with Crippen molar-refractivity contribution in [1.82, 2.24) is 0 Å². The predicted molar refractivity (Wildman–Crippen MR) is 77.3 cm³/mol. The third-order valence-corrected chi connectivity index (χ3v) is 2.63. The Balaban J connectivity index is 2.88. The molecule has 0 aliphatic rings. The van der Waals surface area contributed by atoms with E-state index in [0.717, 1.165) is 12.1 Å². The Morgan fingerprint density at radius 3 is 2.28 bits per heavy atom. The molecule has 0 aromatic heterocycles. The van der Waals surface area contributed by atoms with Crippen LogP contribution in [0, 0.1) is 16.7 Å². The van der Waals surface area contributed by atoms with E-state index in [1.165, 1.54) is 0 Å². The maximum Gasteiger partial charge on any atom is 0.0992 e. The summed E-state index contributed by atoms with van der Waals surface area (Å²) in [5.74, 6) is 0. The molecule has 0 unspecified atom stereocenters. The van der Waals surface area contributed by atoms with Crippen LogP contribution >= 0.6 is 0 Å². The second-order valence-corrected chi connectivity index (χ2v) is 6.66. The maximum atomic E-state index is 8.81. The van der Waals surface area contributed by atoms with Crippen LogP contribution in [0.2, 0.25) is 0 Å². The highest BCUT2D eigenvalue weighted by atomic mass is 15.0. The Bertz CT molecular complexity index is 462. The first-order valence-electron chi connectivity index (χ1n) is 6.21. The minimum absolute atomic E-state index is 0.0411. The molecule has 0 amide bonds. The van der Waals surface area contributed by atoms with Gasteiger partial charge in [-0.2, -0.15) is 5.26 Å². The number of hydrogen-bond donors (Lipinski definition) is 2. The van der Waals surface area contributed by atoms with Gasteiger partial charge in [-0.15, -0.1) is 0 Å².